The summed E-state index contributed by atoms with van der Waals surface area (Å²) in [5.41, 5.74) is 13.5. The Hall–Kier alpha value is -3.64. The van der Waals surface area contributed by atoms with Crippen LogP contribution in [0.3, 0.4) is 0 Å². The van der Waals surface area contributed by atoms with E-state index in [0.29, 0.717) is 0 Å². The van der Waals surface area contributed by atoms with Gasteiger partial charge in [0.1, 0.15) is 7.05 Å². The van der Waals surface area contributed by atoms with Crippen LogP contribution in [0.25, 0.3) is 21.8 Å². The first-order valence-corrected chi connectivity index (χ1v) is 13.1. The van der Waals surface area contributed by atoms with E-state index in [1.54, 1.807) is 6.92 Å². The maximum absolute atomic E-state index is 5.98. The topological polar surface area (TPSA) is 42.3 Å². The summed E-state index contributed by atoms with van der Waals surface area (Å²) in [6.07, 6.45) is 5.65. The Kier molecular flexibility index (Phi) is 16.0. The first-order valence-electron chi connectivity index (χ1n) is 13.1. The van der Waals surface area contributed by atoms with E-state index in [1.807, 2.05) is 53.7 Å². The number of nitrogens with zero attached hydrogens (tertiary/aromatic N) is 2. The number of aliphatic imine (C=N–C) groups is 1. The molecule has 0 aliphatic carbocycles. The van der Waals surface area contributed by atoms with Gasteiger partial charge in [0.2, 0.25) is 11.0 Å². The molecule has 0 atom stereocenters. The molecule has 0 aliphatic heterocycles. The normalized spacial score (nSPS) is 9.75. The quantitative estimate of drug-likeness (QED) is 0.102. The van der Waals surface area contributed by atoms with Crippen molar-refractivity contribution in [3.8, 4) is 12.3 Å². The van der Waals surface area contributed by atoms with Crippen molar-refractivity contribution < 1.29 is 4.57 Å². The summed E-state index contributed by atoms with van der Waals surface area (Å²) >= 11 is 0. The lowest BCUT2D eigenvalue weighted by Gasteiger charge is -2.05. The highest BCUT2D eigenvalue weighted by Gasteiger charge is 2.12. The van der Waals surface area contributed by atoms with Crippen molar-refractivity contribution in [1.29, 1.82) is 0 Å². The summed E-state index contributed by atoms with van der Waals surface area (Å²) in [5.74, 6) is 2.25. The Morgan fingerprint density at radius 3 is 1.86 bits per heavy atom. The van der Waals surface area contributed by atoms with Crippen LogP contribution in [0, 0.1) is 12.3 Å². The number of hydrogen-bond acceptors (Lipinski definition) is 2. The fraction of sp³-hybridized carbons (Fsp3) is 0.333. The van der Waals surface area contributed by atoms with E-state index < -0.39 is 0 Å². The van der Waals surface area contributed by atoms with E-state index in [1.165, 1.54) is 16.3 Å². The minimum Gasteiger partial charge on any atom is -0.399 e. The lowest BCUT2D eigenvalue weighted by molar-refractivity contribution is -0.617. The van der Waals surface area contributed by atoms with Crippen LogP contribution in [0.1, 0.15) is 73.4 Å². The molecule has 0 fully saturated rings. The monoisotopic (exact) mass is 484 g/mol. The maximum atomic E-state index is 5.98. The zero-order chi connectivity index (χ0) is 27.7. The second-order valence-electron chi connectivity index (χ2n) is 7.30. The predicted molar refractivity (Wildman–Crippen MR) is 163 cm³/mol. The molecule has 4 aromatic rings. The largest absolute Gasteiger partial charge is 0.399 e. The highest BCUT2D eigenvalue weighted by Crippen LogP contribution is 2.24. The summed E-state index contributed by atoms with van der Waals surface area (Å²) in [5, 5.41) is 2.38. The van der Waals surface area contributed by atoms with E-state index in [0.717, 1.165) is 40.1 Å². The third-order valence-corrected chi connectivity index (χ3v) is 5.18. The van der Waals surface area contributed by atoms with Gasteiger partial charge in [-0.3, -0.25) is 4.99 Å². The van der Waals surface area contributed by atoms with E-state index in [2.05, 4.69) is 92.4 Å². The van der Waals surface area contributed by atoms with Crippen LogP contribution in [0.2, 0.25) is 0 Å². The molecule has 4 rings (SSSR count). The molecule has 3 aromatic carbocycles. The number of benzene rings is 3. The number of nitrogens with two attached hydrogens (primary N) is 1. The third-order valence-electron chi connectivity index (χ3n) is 5.18. The molecule has 36 heavy (non-hydrogen) atoms. The van der Waals surface area contributed by atoms with Gasteiger partial charge in [-0.2, -0.15) is 4.57 Å². The van der Waals surface area contributed by atoms with Gasteiger partial charge in [0.15, 0.2) is 0 Å². The van der Waals surface area contributed by atoms with Crippen molar-refractivity contribution in [3.63, 3.8) is 0 Å². The molecular formula is C33H46N3+. The van der Waals surface area contributed by atoms with E-state index in [4.69, 9.17) is 10.7 Å². The summed E-state index contributed by atoms with van der Waals surface area (Å²) in [6, 6.07) is 23.2. The SMILES string of the molecule is C#CC.CC.CC.CC.CCc1ccc(C(C)=Nc2ccc3cc4ccc(N)cc4[n+](C)c3c2)cc1. The van der Waals surface area contributed by atoms with Crippen molar-refractivity contribution in [2.45, 2.75) is 68.7 Å². The fourth-order valence-electron chi connectivity index (χ4n) is 3.52. The van der Waals surface area contributed by atoms with Gasteiger partial charge < -0.3 is 5.73 Å². The molecule has 1 heterocycles. The minimum atomic E-state index is 0.776. The molecule has 0 unspecified atom stereocenters. The number of hydrogen-bond donors (Lipinski definition) is 1. The Balaban J connectivity index is 0.00000122. The maximum Gasteiger partial charge on any atom is 0.214 e. The molecule has 0 radical (unpaired) electrons. The predicted octanol–water partition coefficient (Wildman–Crippen LogP) is 8.82. The van der Waals surface area contributed by atoms with Gasteiger partial charge in [-0.1, -0.05) is 72.7 Å². The molecule has 3 heteroatoms. The van der Waals surface area contributed by atoms with Gasteiger partial charge in [0.25, 0.3) is 0 Å². The van der Waals surface area contributed by atoms with Gasteiger partial charge in [0, 0.05) is 34.3 Å². The summed E-state index contributed by atoms with van der Waals surface area (Å²) < 4.78 is 2.19. The molecule has 192 valence electrons. The first kappa shape index (κ1) is 32.4. The number of pyridine rings is 1. The highest BCUT2D eigenvalue weighted by molar-refractivity contribution is 6.00. The average molecular weight is 485 g/mol. The Bertz CT molecular complexity index is 1260. The smallest absolute Gasteiger partial charge is 0.214 e. The Labute approximate surface area is 220 Å². The van der Waals surface area contributed by atoms with Crippen LogP contribution in [0.4, 0.5) is 11.4 Å². The van der Waals surface area contributed by atoms with Crippen LogP contribution in [0.15, 0.2) is 71.7 Å². The highest BCUT2D eigenvalue weighted by atomic mass is 14.9. The number of aromatic nitrogens is 1. The summed E-state index contributed by atoms with van der Waals surface area (Å²) in [7, 11) is 2.08. The van der Waals surface area contributed by atoms with E-state index in [9.17, 15) is 0 Å². The standard InChI is InChI=1S/C24H23N3.C3H4.3C2H6/c1-4-17-5-7-18(8-6-17)16(2)26-22-12-10-20-13-19-9-11-21(25)14-23(19)27(3)24(20)15-22;1-3-2;3*1-2/h5-15,25H,4H2,1-3H3;1H,2H3;3*1-2H3/p+1. The minimum absolute atomic E-state index is 0.776. The zero-order valence-corrected chi connectivity index (χ0v) is 24.1. The molecule has 0 saturated heterocycles. The molecule has 0 bridgehead atoms. The van der Waals surface area contributed by atoms with E-state index >= 15 is 0 Å². The van der Waals surface area contributed by atoms with Gasteiger partial charge >= 0.3 is 0 Å². The lowest BCUT2D eigenvalue weighted by atomic mass is 10.1. The van der Waals surface area contributed by atoms with Crippen LogP contribution >= 0.6 is 0 Å². The molecule has 3 nitrogen and oxygen atoms in total. The lowest BCUT2D eigenvalue weighted by Crippen LogP contribution is -2.30. The number of nitrogen functional groups attached to an aromatic ring is 1. The summed E-state index contributed by atoms with van der Waals surface area (Å²) in [6.45, 7) is 17.9. The van der Waals surface area contributed by atoms with Crippen molar-refractivity contribution >= 4 is 38.9 Å². The molecule has 0 amide bonds. The molecular weight excluding hydrogens is 438 g/mol. The number of anilines is 1. The van der Waals surface area contributed by atoms with Crippen LogP contribution in [0.5, 0.6) is 0 Å². The first-order chi connectivity index (χ1) is 17.5. The van der Waals surface area contributed by atoms with E-state index in [-0.39, 0.29) is 0 Å². The number of rotatable bonds is 3. The number of fused-ring (bicyclic) bond motifs is 2. The Morgan fingerprint density at radius 1 is 0.833 bits per heavy atom. The molecule has 0 aliphatic rings. The van der Waals surface area contributed by atoms with Gasteiger partial charge in [-0.25, -0.2) is 0 Å². The van der Waals surface area contributed by atoms with Crippen molar-refractivity contribution in [1.82, 2.24) is 0 Å². The Morgan fingerprint density at radius 2 is 1.33 bits per heavy atom. The second kappa shape index (κ2) is 17.7. The zero-order valence-electron chi connectivity index (χ0n) is 24.1. The van der Waals surface area contributed by atoms with Gasteiger partial charge in [0.05, 0.1) is 5.69 Å². The van der Waals surface area contributed by atoms with Crippen LogP contribution < -0.4 is 10.3 Å². The second-order valence-corrected chi connectivity index (χ2v) is 7.30. The molecule has 2 N–H and O–H groups in total. The number of aryl methyl sites for hydroxylation is 2. The molecule has 0 spiro atoms. The van der Waals surface area contributed by atoms with Crippen LogP contribution in [-0.4, -0.2) is 5.71 Å². The third kappa shape index (κ3) is 8.86. The average Bonchev–Trinajstić information content (AvgIpc) is 2.93. The van der Waals surface area contributed by atoms with Crippen molar-refractivity contribution in [2.24, 2.45) is 12.0 Å². The molecule has 1 aromatic heterocycles. The van der Waals surface area contributed by atoms with Crippen molar-refractivity contribution in [3.05, 3.63) is 77.9 Å². The number of terminal acetylenes is 1. The molecule has 0 saturated carbocycles. The fourth-order valence-corrected chi connectivity index (χ4v) is 3.52. The van der Waals surface area contributed by atoms with Gasteiger partial charge in [-0.05, 0) is 61.7 Å². The summed E-state index contributed by atoms with van der Waals surface area (Å²) in [4.78, 5) is 4.85. The van der Waals surface area contributed by atoms with Gasteiger partial charge in [-0.15, -0.1) is 12.3 Å². The van der Waals surface area contributed by atoms with Crippen LogP contribution in [-0.2, 0) is 13.5 Å². The van der Waals surface area contributed by atoms with Crippen molar-refractivity contribution in [2.75, 3.05) is 5.73 Å².